The van der Waals surface area contributed by atoms with Gasteiger partial charge in [-0.15, -0.1) is 0 Å². The lowest BCUT2D eigenvalue weighted by molar-refractivity contribution is -0.136. The van der Waals surface area contributed by atoms with Gasteiger partial charge in [0, 0.05) is 31.7 Å². The number of carbonyl (C=O) groups is 2. The average molecular weight is 350 g/mol. The van der Waals surface area contributed by atoms with Crippen molar-refractivity contribution in [3.8, 4) is 0 Å². The maximum atomic E-state index is 13.0. The van der Waals surface area contributed by atoms with Gasteiger partial charge in [0.1, 0.15) is 0 Å². The topological polar surface area (TPSA) is 40.6 Å². The molecule has 1 unspecified atom stereocenters. The molecule has 0 radical (unpaired) electrons. The second kappa shape index (κ2) is 8.17. The molecular weight excluding hydrogens is 324 g/mol. The van der Waals surface area contributed by atoms with Gasteiger partial charge >= 0.3 is 0 Å². The van der Waals surface area contributed by atoms with Crippen molar-refractivity contribution in [2.24, 2.45) is 5.92 Å². The molecule has 4 heteroatoms. The molecule has 2 aromatic rings. The normalized spacial score (nSPS) is 16.8. The van der Waals surface area contributed by atoms with Gasteiger partial charge in [0.2, 0.25) is 11.8 Å². The van der Waals surface area contributed by atoms with E-state index in [4.69, 9.17) is 0 Å². The monoisotopic (exact) mass is 350 g/mol. The van der Waals surface area contributed by atoms with Gasteiger partial charge < -0.3 is 9.80 Å². The predicted molar refractivity (Wildman–Crippen MR) is 104 cm³/mol. The quantitative estimate of drug-likeness (QED) is 0.798. The third-order valence-electron chi connectivity index (χ3n) is 5.04. The van der Waals surface area contributed by atoms with Gasteiger partial charge in [0.25, 0.3) is 0 Å². The summed E-state index contributed by atoms with van der Waals surface area (Å²) in [5, 5.41) is 0. The van der Waals surface area contributed by atoms with Crippen LogP contribution in [-0.2, 0) is 22.6 Å². The predicted octanol–water partition coefficient (Wildman–Crippen LogP) is 3.65. The number of benzene rings is 2. The van der Waals surface area contributed by atoms with E-state index >= 15 is 0 Å². The van der Waals surface area contributed by atoms with E-state index in [2.05, 4.69) is 6.92 Å². The Morgan fingerprint density at radius 2 is 1.73 bits per heavy atom. The van der Waals surface area contributed by atoms with Crippen LogP contribution in [0.5, 0.6) is 0 Å². The zero-order valence-electron chi connectivity index (χ0n) is 15.5. The molecule has 1 saturated heterocycles. The molecule has 1 atom stereocenters. The fourth-order valence-electron chi connectivity index (χ4n) is 3.44. The van der Waals surface area contributed by atoms with E-state index in [1.54, 1.807) is 4.90 Å². The van der Waals surface area contributed by atoms with Gasteiger partial charge in [-0.3, -0.25) is 9.59 Å². The zero-order valence-corrected chi connectivity index (χ0v) is 15.5. The summed E-state index contributed by atoms with van der Waals surface area (Å²) in [6, 6.07) is 18.0. The molecular formula is C22H26N2O2. The minimum absolute atomic E-state index is 0.0309. The van der Waals surface area contributed by atoms with Gasteiger partial charge in [-0.25, -0.2) is 0 Å². The molecule has 0 aliphatic carbocycles. The molecule has 0 bridgehead atoms. The molecule has 0 spiro atoms. The number of nitrogens with zero attached hydrogens (tertiary/aromatic N) is 2. The molecule has 1 fully saturated rings. The van der Waals surface area contributed by atoms with Gasteiger partial charge in [-0.05, 0) is 36.6 Å². The summed E-state index contributed by atoms with van der Waals surface area (Å²) in [5.74, 6) is -0.169. The van der Waals surface area contributed by atoms with Crippen LogP contribution < -0.4 is 4.90 Å². The van der Waals surface area contributed by atoms with Gasteiger partial charge in [0.15, 0.2) is 0 Å². The van der Waals surface area contributed by atoms with Crippen LogP contribution in [0.15, 0.2) is 54.6 Å². The Kier molecular flexibility index (Phi) is 5.71. The second-order valence-corrected chi connectivity index (χ2v) is 6.76. The minimum atomic E-state index is -0.267. The SMILES string of the molecule is CCc1ccc(N2CC(C(=O)N(CC)Cc3ccccc3)CC2=O)cc1. The fourth-order valence-corrected chi connectivity index (χ4v) is 3.44. The summed E-state index contributed by atoms with van der Waals surface area (Å²) in [4.78, 5) is 29.0. The molecule has 2 aromatic carbocycles. The summed E-state index contributed by atoms with van der Waals surface area (Å²) in [6.07, 6.45) is 1.26. The summed E-state index contributed by atoms with van der Waals surface area (Å²) in [6.45, 7) is 5.79. The Morgan fingerprint density at radius 3 is 2.35 bits per heavy atom. The average Bonchev–Trinajstić information content (AvgIpc) is 3.08. The molecule has 0 N–H and O–H groups in total. The van der Waals surface area contributed by atoms with Crippen LogP contribution >= 0.6 is 0 Å². The Morgan fingerprint density at radius 1 is 1.04 bits per heavy atom. The van der Waals surface area contributed by atoms with Crippen molar-refractivity contribution in [2.45, 2.75) is 33.2 Å². The number of anilines is 1. The molecule has 0 aromatic heterocycles. The molecule has 136 valence electrons. The highest BCUT2D eigenvalue weighted by atomic mass is 16.2. The second-order valence-electron chi connectivity index (χ2n) is 6.76. The summed E-state index contributed by atoms with van der Waals surface area (Å²) in [5.41, 5.74) is 3.24. The highest BCUT2D eigenvalue weighted by molar-refractivity contribution is 6.00. The smallest absolute Gasteiger partial charge is 0.228 e. The van der Waals surface area contributed by atoms with Crippen molar-refractivity contribution >= 4 is 17.5 Å². The van der Waals surface area contributed by atoms with Gasteiger partial charge in [0.05, 0.1) is 5.92 Å². The Bertz CT molecular complexity index is 755. The molecule has 26 heavy (non-hydrogen) atoms. The van der Waals surface area contributed by atoms with E-state index < -0.39 is 0 Å². The van der Waals surface area contributed by atoms with Crippen molar-refractivity contribution in [2.75, 3.05) is 18.0 Å². The lowest BCUT2D eigenvalue weighted by Crippen LogP contribution is -2.37. The van der Waals surface area contributed by atoms with Crippen molar-refractivity contribution in [3.05, 3.63) is 65.7 Å². The maximum Gasteiger partial charge on any atom is 0.228 e. The van der Waals surface area contributed by atoms with Crippen LogP contribution in [0, 0.1) is 5.92 Å². The fraction of sp³-hybridized carbons (Fsp3) is 0.364. The third-order valence-corrected chi connectivity index (χ3v) is 5.04. The Balaban J connectivity index is 1.69. The molecule has 1 heterocycles. The number of aryl methyl sites for hydroxylation is 1. The van der Waals surface area contributed by atoms with Crippen LogP contribution in [0.3, 0.4) is 0 Å². The van der Waals surface area contributed by atoms with Crippen molar-refractivity contribution in [1.82, 2.24) is 4.90 Å². The van der Waals surface area contributed by atoms with Crippen LogP contribution in [0.1, 0.15) is 31.4 Å². The molecule has 3 rings (SSSR count). The van der Waals surface area contributed by atoms with E-state index in [1.807, 2.05) is 66.4 Å². The zero-order chi connectivity index (χ0) is 18.5. The first-order chi connectivity index (χ1) is 12.6. The van der Waals surface area contributed by atoms with Crippen molar-refractivity contribution < 1.29 is 9.59 Å². The number of rotatable bonds is 6. The van der Waals surface area contributed by atoms with E-state index in [1.165, 1.54) is 5.56 Å². The highest BCUT2D eigenvalue weighted by Crippen LogP contribution is 2.27. The van der Waals surface area contributed by atoms with Crippen LogP contribution in [0.2, 0.25) is 0 Å². The van der Waals surface area contributed by atoms with E-state index in [0.29, 0.717) is 26.1 Å². The van der Waals surface area contributed by atoms with Crippen LogP contribution in [0.25, 0.3) is 0 Å². The summed E-state index contributed by atoms with van der Waals surface area (Å²) < 4.78 is 0. The maximum absolute atomic E-state index is 13.0. The molecule has 1 aliphatic heterocycles. The number of hydrogen-bond acceptors (Lipinski definition) is 2. The highest BCUT2D eigenvalue weighted by Gasteiger charge is 2.36. The van der Waals surface area contributed by atoms with Crippen LogP contribution in [0.4, 0.5) is 5.69 Å². The van der Waals surface area contributed by atoms with Crippen molar-refractivity contribution in [3.63, 3.8) is 0 Å². The lowest BCUT2D eigenvalue weighted by Gasteiger charge is -2.24. The molecule has 0 saturated carbocycles. The van der Waals surface area contributed by atoms with Gasteiger partial charge in [-0.1, -0.05) is 49.4 Å². The minimum Gasteiger partial charge on any atom is -0.338 e. The molecule has 1 aliphatic rings. The molecule has 4 nitrogen and oxygen atoms in total. The van der Waals surface area contributed by atoms with E-state index in [0.717, 1.165) is 17.7 Å². The van der Waals surface area contributed by atoms with Crippen LogP contribution in [-0.4, -0.2) is 29.8 Å². The Hall–Kier alpha value is -2.62. The third kappa shape index (κ3) is 3.96. The number of hydrogen-bond donors (Lipinski definition) is 0. The summed E-state index contributed by atoms with van der Waals surface area (Å²) in [7, 11) is 0. The molecule has 2 amide bonds. The largest absolute Gasteiger partial charge is 0.338 e. The van der Waals surface area contributed by atoms with Gasteiger partial charge in [-0.2, -0.15) is 0 Å². The number of carbonyl (C=O) groups excluding carboxylic acids is 2. The van der Waals surface area contributed by atoms with Crippen molar-refractivity contribution in [1.29, 1.82) is 0 Å². The lowest BCUT2D eigenvalue weighted by atomic mass is 10.1. The first-order valence-corrected chi connectivity index (χ1v) is 9.34. The van der Waals surface area contributed by atoms with E-state index in [-0.39, 0.29) is 17.7 Å². The number of amides is 2. The Labute approximate surface area is 155 Å². The first-order valence-electron chi connectivity index (χ1n) is 9.34. The van der Waals surface area contributed by atoms with E-state index in [9.17, 15) is 9.59 Å². The summed E-state index contributed by atoms with van der Waals surface area (Å²) >= 11 is 0. The standard InChI is InChI=1S/C22H26N2O2/c1-3-17-10-12-20(13-11-17)24-16-19(14-21(24)25)22(26)23(4-2)15-18-8-6-5-7-9-18/h5-13,19H,3-4,14-16H2,1-2H3. The first kappa shape index (κ1) is 18.2.